The number of carbonyl (C=O) groups excluding carboxylic acids is 2. The molecule has 0 radical (unpaired) electrons. The van der Waals surface area contributed by atoms with Gasteiger partial charge in [0.05, 0.1) is 22.4 Å². The highest BCUT2D eigenvalue weighted by Gasteiger charge is 2.49. The van der Waals surface area contributed by atoms with Crippen LogP contribution in [0.25, 0.3) is 0 Å². The number of pyridine rings is 1. The molecule has 2 aromatic rings. The van der Waals surface area contributed by atoms with Crippen molar-refractivity contribution in [1.82, 2.24) is 9.88 Å². The second-order valence-electron chi connectivity index (χ2n) is 7.32. The van der Waals surface area contributed by atoms with Crippen LogP contribution in [-0.2, 0) is 9.53 Å². The molecule has 6 nitrogen and oxygen atoms in total. The van der Waals surface area contributed by atoms with Gasteiger partial charge >= 0.3 is 0 Å². The fourth-order valence-electron chi connectivity index (χ4n) is 4.07. The van der Waals surface area contributed by atoms with Crippen molar-refractivity contribution in [3.05, 3.63) is 46.9 Å². The van der Waals surface area contributed by atoms with E-state index in [1.165, 1.54) is 11.3 Å². The minimum absolute atomic E-state index is 0.0931. The zero-order valence-electron chi connectivity index (χ0n) is 15.3. The van der Waals surface area contributed by atoms with Crippen LogP contribution in [0.1, 0.15) is 35.9 Å². The van der Waals surface area contributed by atoms with E-state index in [0.717, 1.165) is 17.7 Å². The molecule has 4 heterocycles. The molecule has 0 saturated carbocycles. The van der Waals surface area contributed by atoms with Gasteiger partial charge in [-0.05, 0) is 42.8 Å². The molecule has 0 aromatic carbocycles. The highest BCUT2D eigenvalue weighted by atomic mass is 32.1. The third kappa shape index (κ3) is 3.61. The summed E-state index contributed by atoms with van der Waals surface area (Å²) in [6, 6.07) is 7.37. The Hall–Kier alpha value is -2.25. The van der Waals surface area contributed by atoms with Gasteiger partial charge in [-0.1, -0.05) is 13.0 Å². The molecule has 2 aliphatic heterocycles. The molecule has 27 heavy (non-hydrogen) atoms. The maximum absolute atomic E-state index is 12.6. The van der Waals surface area contributed by atoms with Crippen LogP contribution in [-0.4, -0.2) is 46.5 Å². The fourth-order valence-corrected chi connectivity index (χ4v) is 4.76. The van der Waals surface area contributed by atoms with Crippen molar-refractivity contribution in [2.24, 2.45) is 5.92 Å². The molecule has 0 aliphatic carbocycles. The summed E-state index contributed by atoms with van der Waals surface area (Å²) in [6.45, 7) is 3.45. The number of thiophene rings is 1. The van der Waals surface area contributed by atoms with E-state index in [-0.39, 0.29) is 23.3 Å². The summed E-state index contributed by atoms with van der Waals surface area (Å²) in [7, 11) is 0. The van der Waals surface area contributed by atoms with E-state index in [1.807, 2.05) is 28.5 Å². The van der Waals surface area contributed by atoms with Gasteiger partial charge in [-0.15, -0.1) is 11.3 Å². The Bertz CT molecular complexity index is 811. The normalized spacial score (nSPS) is 27.7. The standard InChI is InChI=1S/C20H23N3O3S/c1-14-13-23(19(25)17-5-3-11-27-17)10-8-20(14)7-6-16(26-20)18(24)22-15-4-2-9-21-12-15/h2-5,9,11-12,14,16H,6-8,10,13H2,1H3,(H,22,24). The van der Waals surface area contributed by atoms with Crippen molar-refractivity contribution < 1.29 is 14.3 Å². The van der Waals surface area contributed by atoms with Crippen molar-refractivity contribution in [3.8, 4) is 0 Å². The van der Waals surface area contributed by atoms with E-state index in [4.69, 9.17) is 4.74 Å². The number of nitrogens with one attached hydrogen (secondary N) is 1. The Morgan fingerprint density at radius 2 is 2.22 bits per heavy atom. The van der Waals surface area contributed by atoms with Crippen LogP contribution in [0.4, 0.5) is 5.69 Å². The first-order chi connectivity index (χ1) is 13.1. The summed E-state index contributed by atoms with van der Waals surface area (Å²) in [6.07, 6.45) is 5.16. The Kier molecular flexibility index (Phi) is 4.97. The van der Waals surface area contributed by atoms with Crippen LogP contribution in [0.15, 0.2) is 42.0 Å². The summed E-state index contributed by atoms with van der Waals surface area (Å²) in [5, 5.41) is 4.80. The van der Waals surface area contributed by atoms with Gasteiger partial charge in [0.1, 0.15) is 6.10 Å². The molecule has 2 amide bonds. The Balaban J connectivity index is 1.37. The molecule has 0 bridgehead atoms. The minimum Gasteiger partial charge on any atom is -0.362 e. The quantitative estimate of drug-likeness (QED) is 0.881. The largest absolute Gasteiger partial charge is 0.362 e. The highest BCUT2D eigenvalue weighted by molar-refractivity contribution is 7.12. The van der Waals surface area contributed by atoms with Crippen LogP contribution in [0.5, 0.6) is 0 Å². The number of hydrogen-bond donors (Lipinski definition) is 1. The number of ether oxygens (including phenoxy) is 1. The maximum atomic E-state index is 12.6. The van der Waals surface area contributed by atoms with Gasteiger partial charge in [-0.3, -0.25) is 14.6 Å². The minimum atomic E-state index is -0.452. The molecule has 3 atom stereocenters. The lowest BCUT2D eigenvalue weighted by atomic mass is 9.80. The summed E-state index contributed by atoms with van der Waals surface area (Å²) in [5.41, 5.74) is 0.361. The monoisotopic (exact) mass is 385 g/mol. The molecule has 2 aliphatic rings. The van der Waals surface area contributed by atoms with Gasteiger partial charge in [0.25, 0.3) is 11.8 Å². The van der Waals surface area contributed by atoms with Crippen molar-refractivity contribution in [3.63, 3.8) is 0 Å². The van der Waals surface area contributed by atoms with Gasteiger partial charge < -0.3 is 15.0 Å². The SMILES string of the molecule is CC1CN(C(=O)c2cccs2)CCC12CCC(C(=O)Nc1cccnc1)O2. The number of piperidine rings is 1. The third-order valence-corrected chi connectivity index (χ3v) is 6.50. The molecule has 1 spiro atoms. The van der Waals surface area contributed by atoms with E-state index in [9.17, 15) is 9.59 Å². The second-order valence-corrected chi connectivity index (χ2v) is 8.27. The lowest BCUT2D eigenvalue weighted by molar-refractivity contribution is -0.141. The van der Waals surface area contributed by atoms with Crippen molar-refractivity contribution >= 4 is 28.8 Å². The summed E-state index contributed by atoms with van der Waals surface area (Å²) in [4.78, 5) is 31.9. The van der Waals surface area contributed by atoms with Gasteiger partial charge in [-0.25, -0.2) is 0 Å². The lowest BCUT2D eigenvalue weighted by Crippen LogP contribution is -2.52. The summed E-state index contributed by atoms with van der Waals surface area (Å²) in [5.74, 6) is 0.158. The van der Waals surface area contributed by atoms with E-state index >= 15 is 0 Å². The average molecular weight is 385 g/mol. The zero-order valence-corrected chi connectivity index (χ0v) is 16.1. The molecule has 3 unspecified atom stereocenters. The van der Waals surface area contributed by atoms with E-state index in [2.05, 4.69) is 17.2 Å². The number of aromatic nitrogens is 1. The van der Waals surface area contributed by atoms with Gasteiger partial charge in [0, 0.05) is 25.2 Å². The Morgan fingerprint density at radius 1 is 1.33 bits per heavy atom. The molecule has 4 rings (SSSR count). The number of rotatable bonds is 3. The first-order valence-corrected chi connectivity index (χ1v) is 10.2. The number of carbonyl (C=O) groups is 2. The molecule has 142 valence electrons. The van der Waals surface area contributed by atoms with Gasteiger partial charge in [-0.2, -0.15) is 0 Å². The third-order valence-electron chi connectivity index (χ3n) is 5.64. The van der Waals surface area contributed by atoms with Crippen LogP contribution in [0, 0.1) is 5.92 Å². The first kappa shape index (κ1) is 18.1. The number of hydrogen-bond acceptors (Lipinski definition) is 5. The van der Waals surface area contributed by atoms with Gasteiger partial charge in [0.2, 0.25) is 0 Å². The van der Waals surface area contributed by atoms with Crippen LogP contribution in [0.2, 0.25) is 0 Å². The van der Waals surface area contributed by atoms with Crippen molar-refractivity contribution in [1.29, 1.82) is 0 Å². The molecule has 2 saturated heterocycles. The van der Waals surface area contributed by atoms with Crippen LogP contribution in [0.3, 0.4) is 0 Å². The van der Waals surface area contributed by atoms with Crippen molar-refractivity contribution in [2.75, 3.05) is 18.4 Å². The zero-order chi connectivity index (χ0) is 18.9. The topological polar surface area (TPSA) is 71.5 Å². The highest BCUT2D eigenvalue weighted by Crippen LogP contribution is 2.42. The molecule has 2 fully saturated rings. The smallest absolute Gasteiger partial charge is 0.263 e. The number of nitrogens with zero attached hydrogens (tertiary/aromatic N) is 2. The van der Waals surface area contributed by atoms with E-state index in [0.29, 0.717) is 25.2 Å². The average Bonchev–Trinajstić information content (AvgIpc) is 3.35. The Labute approximate surface area is 162 Å². The Morgan fingerprint density at radius 3 is 2.93 bits per heavy atom. The lowest BCUT2D eigenvalue weighted by Gasteiger charge is -2.44. The van der Waals surface area contributed by atoms with E-state index in [1.54, 1.807) is 18.5 Å². The summed E-state index contributed by atoms with van der Waals surface area (Å²) >= 11 is 1.47. The molecular formula is C20H23N3O3S. The molecule has 1 N–H and O–H groups in total. The molecule has 7 heteroatoms. The predicted molar refractivity (Wildman–Crippen MR) is 104 cm³/mol. The molecule has 2 aromatic heterocycles. The van der Waals surface area contributed by atoms with E-state index < -0.39 is 6.10 Å². The number of likely N-dealkylation sites (tertiary alicyclic amines) is 1. The number of anilines is 1. The van der Waals surface area contributed by atoms with Gasteiger partial charge in [0.15, 0.2) is 0 Å². The maximum Gasteiger partial charge on any atom is 0.263 e. The second kappa shape index (κ2) is 7.40. The molecular weight excluding hydrogens is 362 g/mol. The summed E-state index contributed by atoms with van der Waals surface area (Å²) < 4.78 is 6.29. The number of amides is 2. The predicted octanol–water partition coefficient (Wildman–Crippen LogP) is 3.18. The first-order valence-electron chi connectivity index (χ1n) is 9.29. The van der Waals surface area contributed by atoms with Crippen LogP contribution >= 0.6 is 11.3 Å². The van der Waals surface area contributed by atoms with Crippen LogP contribution < -0.4 is 5.32 Å². The van der Waals surface area contributed by atoms with Crippen molar-refractivity contribution in [2.45, 2.75) is 37.9 Å². The fraction of sp³-hybridized carbons (Fsp3) is 0.450.